The normalized spacial score (nSPS) is 7.83. The molecule has 0 aromatic carbocycles. The van der Waals surface area contributed by atoms with Crippen molar-refractivity contribution in [2.24, 2.45) is 0 Å². The SMILES string of the molecule is O=C(O)OP(OC(=O)O)OC(=O)O.O=C([O-])O.[K+]. The Hall–Kier alpha value is -0.854. The molecule has 0 fully saturated rings. The van der Waals surface area contributed by atoms with E-state index in [1.54, 1.807) is 0 Å². The maximum absolute atomic E-state index is 9.82. The van der Waals surface area contributed by atoms with Gasteiger partial charge in [-0.3, -0.25) is 0 Å². The third kappa shape index (κ3) is 24.4. The fourth-order valence-corrected chi connectivity index (χ4v) is 0.742. The minimum atomic E-state index is -2.98. The van der Waals surface area contributed by atoms with Crippen LogP contribution < -0.4 is 56.5 Å². The van der Waals surface area contributed by atoms with Crippen LogP contribution in [0.25, 0.3) is 0 Å². The summed E-state index contributed by atoms with van der Waals surface area (Å²) in [6.45, 7) is 0. The van der Waals surface area contributed by atoms with Crippen LogP contribution in [0.1, 0.15) is 0 Å². The summed E-state index contributed by atoms with van der Waals surface area (Å²) in [6.07, 6.45) is -7.81. The van der Waals surface area contributed by atoms with E-state index in [2.05, 4.69) is 13.6 Å². The van der Waals surface area contributed by atoms with Crippen molar-refractivity contribution < 1.29 is 110 Å². The van der Waals surface area contributed by atoms with Gasteiger partial charge in [0.25, 0.3) is 0 Å². The molecule has 0 saturated carbocycles. The molecule has 0 spiro atoms. The van der Waals surface area contributed by atoms with Crippen LogP contribution in [-0.4, -0.2) is 45.0 Å². The fourth-order valence-electron chi connectivity index (χ4n) is 0.247. The predicted molar refractivity (Wildman–Crippen MR) is 42.3 cm³/mol. The maximum atomic E-state index is 9.82. The molecule has 0 aromatic heterocycles. The van der Waals surface area contributed by atoms with E-state index in [0.717, 1.165) is 0 Å². The molecule has 4 N–H and O–H groups in total. The molecule has 0 atom stereocenters. The van der Waals surface area contributed by atoms with Crippen LogP contribution in [-0.2, 0) is 13.6 Å². The zero-order valence-electron chi connectivity index (χ0n) is 8.50. The van der Waals surface area contributed by atoms with Gasteiger partial charge in [-0.15, -0.1) is 0 Å². The van der Waals surface area contributed by atoms with Gasteiger partial charge in [-0.25, -0.2) is 14.4 Å². The van der Waals surface area contributed by atoms with Gasteiger partial charge in [0.15, 0.2) is 0 Å². The first-order chi connectivity index (χ1) is 7.65. The van der Waals surface area contributed by atoms with Crippen molar-refractivity contribution in [3.05, 3.63) is 0 Å². The second-order valence-electron chi connectivity index (χ2n) is 1.56. The summed E-state index contributed by atoms with van der Waals surface area (Å²) >= 11 is 0. The molecule has 0 aliphatic rings. The minimum absolute atomic E-state index is 0. The van der Waals surface area contributed by atoms with Crippen molar-refractivity contribution in [2.45, 2.75) is 0 Å². The van der Waals surface area contributed by atoms with Crippen molar-refractivity contribution in [1.82, 2.24) is 0 Å². The van der Waals surface area contributed by atoms with Crippen molar-refractivity contribution in [2.75, 3.05) is 0 Å². The van der Waals surface area contributed by atoms with Gasteiger partial charge >= 0.3 is 78.5 Å². The maximum Gasteiger partial charge on any atom is 1.00 e. The van der Waals surface area contributed by atoms with Gasteiger partial charge in [-0.2, -0.15) is 0 Å². The zero-order chi connectivity index (χ0) is 14.0. The molecule has 0 aromatic rings. The van der Waals surface area contributed by atoms with Crippen LogP contribution in [0.4, 0.5) is 19.2 Å². The number of carbonyl (C=O) groups is 4. The molecule has 98 valence electrons. The average Bonchev–Trinajstić information content (AvgIpc) is 1.96. The molecule has 14 heteroatoms. The van der Waals surface area contributed by atoms with E-state index in [1.165, 1.54) is 0 Å². The van der Waals surface area contributed by atoms with E-state index < -0.39 is 33.2 Å². The molecule has 0 heterocycles. The van der Waals surface area contributed by atoms with Crippen molar-refractivity contribution in [3.8, 4) is 0 Å². The second kappa shape index (κ2) is 12.6. The molecule has 0 amide bonds. The molecule has 0 aliphatic heterocycles. The summed E-state index contributed by atoms with van der Waals surface area (Å²) in [4.78, 5) is 37.9. The molecule has 0 radical (unpaired) electrons. The van der Waals surface area contributed by atoms with Crippen LogP contribution in [0.2, 0.25) is 0 Å². The Morgan fingerprint density at radius 3 is 1.06 bits per heavy atom. The van der Waals surface area contributed by atoms with Gasteiger partial charge < -0.3 is 43.9 Å². The molecular weight excluding hydrogens is 310 g/mol. The van der Waals surface area contributed by atoms with E-state index in [4.69, 9.17) is 30.3 Å². The van der Waals surface area contributed by atoms with Crippen LogP contribution in [0.5, 0.6) is 0 Å². The van der Waals surface area contributed by atoms with E-state index >= 15 is 0 Å². The van der Waals surface area contributed by atoms with Gasteiger partial charge in [0.2, 0.25) is 6.16 Å². The second-order valence-corrected chi connectivity index (χ2v) is 2.56. The molecular formula is C4H4KO12P. The van der Waals surface area contributed by atoms with Crippen molar-refractivity contribution in [3.63, 3.8) is 0 Å². The Bertz CT molecular complexity index is 260. The predicted octanol–water partition coefficient (Wildman–Crippen LogP) is -2.81. The number of hydrogen-bond acceptors (Lipinski definition) is 8. The van der Waals surface area contributed by atoms with Crippen LogP contribution in [0.3, 0.4) is 0 Å². The van der Waals surface area contributed by atoms with E-state index in [9.17, 15) is 14.4 Å². The first-order valence-corrected chi connectivity index (χ1v) is 4.17. The third-order valence-corrected chi connectivity index (χ3v) is 1.37. The standard InChI is InChI=1S/C3H3O9P.CH2O3.K/c4-1(5)10-13(11-2(6)7)12-3(8)9;2-1(3)4;/h(H,4,5)(H,6,7)(H,8,9);(H2,2,3,4);/q;;+1/p-1. The minimum Gasteiger partial charge on any atom is -0.565 e. The van der Waals surface area contributed by atoms with Crippen LogP contribution in [0.15, 0.2) is 0 Å². The van der Waals surface area contributed by atoms with E-state index in [0.29, 0.717) is 0 Å². The summed E-state index contributed by atoms with van der Waals surface area (Å²) in [5, 5.41) is 39.2. The molecule has 0 aliphatic carbocycles. The number of hydrogen-bond donors (Lipinski definition) is 4. The van der Waals surface area contributed by atoms with Gasteiger partial charge in [0, 0.05) is 0 Å². The van der Waals surface area contributed by atoms with Gasteiger partial charge in [0.05, 0.1) is 0 Å². The molecule has 18 heavy (non-hydrogen) atoms. The average molecular weight is 314 g/mol. The van der Waals surface area contributed by atoms with Crippen LogP contribution in [0, 0.1) is 0 Å². The monoisotopic (exact) mass is 314 g/mol. The summed E-state index contributed by atoms with van der Waals surface area (Å²) in [5.74, 6) is 0. The van der Waals surface area contributed by atoms with Gasteiger partial charge in [0.1, 0.15) is 0 Å². The summed E-state index contributed by atoms with van der Waals surface area (Å²) in [6, 6.07) is 0. The first-order valence-electron chi connectivity index (χ1n) is 3.08. The van der Waals surface area contributed by atoms with Crippen molar-refractivity contribution in [1.29, 1.82) is 0 Å². The molecule has 0 unspecified atom stereocenters. The summed E-state index contributed by atoms with van der Waals surface area (Å²) in [7, 11) is -2.98. The topological polar surface area (TPSA) is 200 Å². The Morgan fingerprint density at radius 2 is 0.944 bits per heavy atom. The van der Waals surface area contributed by atoms with Gasteiger partial charge in [-0.05, 0) is 0 Å². The number of rotatable bonds is 3. The summed E-state index contributed by atoms with van der Waals surface area (Å²) < 4.78 is 10.9. The van der Waals surface area contributed by atoms with Gasteiger partial charge in [-0.1, -0.05) is 0 Å². The quantitative estimate of drug-likeness (QED) is 0.308. The Morgan fingerprint density at radius 1 is 0.778 bits per heavy atom. The van der Waals surface area contributed by atoms with Crippen molar-refractivity contribution >= 4 is 33.2 Å². The van der Waals surface area contributed by atoms with E-state index in [1.807, 2.05) is 0 Å². The smallest absolute Gasteiger partial charge is 0.565 e. The Kier molecular flexibility index (Phi) is 15.6. The largest absolute Gasteiger partial charge is 1.00 e. The van der Waals surface area contributed by atoms with Crippen LogP contribution >= 0.6 is 8.60 Å². The Labute approximate surface area is 141 Å². The third-order valence-electron chi connectivity index (χ3n) is 0.458. The zero-order valence-corrected chi connectivity index (χ0v) is 12.5. The first kappa shape index (κ1) is 22.3. The van der Waals surface area contributed by atoms with E-state index in [-0.39, 0.29) is 51.4 Å². The number of carboxylic acid groups (broad SMARTS) is 5. The molecule has 0 saturated heterocycles. The molecule has 0 bridgehead atoms. The fraction of sp³-hybridized carbons (Fsp3) is 0. The summed E-state index contributed by atoms with van der Waals surface area (Å²) in [5.41, 5.74) is 0. The molecule has 12 nitrogen and oxygen atoms in total. The Balaban J connectivity index is -0.000000392. The molecule has 0 rings (SSSR count).